The molecule has 1 fully saturated rings. The van der Waals surface area contributed by atoms with Crippen LogP contribution in [0.4, 0.5) is 0 Å². The predicted octanol–water partition coefficient (Wildman–Crippen LogP) is 1.26. The SMILES string of the molecule is C=C[C@@H]1OCC[C@H]1CNS(=O)(=O)c1ccc(C(=O)O)c(OC)c1. The van der Waals surface area contributed by atoms with Gasteiger partial charge in [0.2, 0.25) is 10.0 Å². The second-order valence-electron chi connectivity index (χ2n) is 5.14. The second-order valence-corrected chi connectivity index (χ2v) is 6.91. The first-order chi connectivity index (χ1) is 10.9. The molecule has 0 aliphatic carbocycles. The molecule has 7 nitrogen and oxygen atoms in total. The third-order valence-electron chi connectivity index (χ3n) is 3.75. The zero-order valence-corrected chi connectivity index (χ0v) is 13.5. The summed E-state index contributed by atoms with van der Waals surface area (Å²) in [6.45, 7) is 4.47. The van der Waals surface area contributed by atoms with Crippen molar-refractivity contribution >= 4 is 16.0 Å². The van der Waals surface area contributed by atoms with Gasteiger partial charge in [0.05, 0.1) is 18.1 Å². The number of carboxylic acid groups (broad SMARTS) is 1. The zero-order chi connectivity index (χ0) is 17.0. The van der Waals surface area contributed by atoms with Gasteiger partial charge in [-0.2, -0.15) is 0 Å². The van der Waals surface area contributed by atoms with Crippen LogP contribution < -0.4 is 9.46 Å². The van der Waals surface area contributed by atoms with E-state index in [9.17, 15) is 13.2 Å². The number of rotatable bonds is 7. The third kappa shape index (κ3) is 3.90. The van der Waals surface area contributed by atoms with E-state index in [1.165, 1.54) is 25.3 Å². The van der Waals surface area contributed by atoms with Gasteiger partial charge >= 0.3 is 5.97 Å². The Morgan fingerprint density at radius 1 is 1.57 bits per heavy atom. The van der Waals surface area contributed by atoms with Gasteiger partial charge in [0.1, 0.15) is 11.3 Å². The molecule has 2 atom stereocenters. The van der Waals surface area contributed by atoms with E-state index in [1.54, 1.807) is 6.08 Å². The Morgan fingerprint density at radius 2 is 2.30 bits per heavy atom. The second kappa shape index (κ2) is 7.12. The lowest BCUT2D eigenvalue weighted by atomic mass is 10.0. The summed E-state index contributed by atoms with van der Waals surface area (Å²) in [6, 6.07) is 3.65. The standard InChI is InChI=1S/C15H19NO6S/c1-3-13-10(6-7-22-13)9-16-23(19,20)11-4-5-12(15(17)18)14(8-11)21-2/h3-5,8,10,13,16H,1,6-7,9H2,2H3,(H,17,18)/t10-,13-/m0/s1. The Morgan fingerprint density at radius 3 is 2.91 bits per heavy atom. The number of hydrogen-bond donors (Lipinski definition) is 2. The van der Waals surface area contributed by atoms with Crippen LogP contribution in [0.5, 0.6) is 5.75 Å². The first-order valence-electron chi connectivity index (χ1n) is 7.04. The van der Waals surface area contributed by atoms with Gasteiger partial charge in [-0.3, -0.25) is 0 Å². The number of nitrogens with one attached hydrogen (secondary N) is 1. The molecule has 126 valence electrons. The minimum Gasteiger partial charge on any atom is -0.496 e. The van der Waals surface area contributed by atoms with Crippen LogP contribution in [-0.2, 0) is 14.8 Å². The minimum absolute atomic E-state index is 0.00598. The van der Waals surface area contributed by atoms with Crippen LogP contribution >= 0.6 is 0 Å². The van der Waals surface area contributed by atoms with Crippen molar-refractivity contribution in [3.8, 4) is 5.75 Å². The van der Waals surface area contributed by atoms with Crippen LogP contribution in [-0.4, -0.2) is 45.9 Å². The summed E-state index contributed by atoms with van der Waals surface area (Å²) in [5, 5.41) is 9.03. The van der Waals surface area contributed by atoms with Gasteiger partial charge in [-0.05, 0) is 18.6 Å². The van der Waals surface area contributed by atoms with Gasteiger partial charge in [0, 0.05) is 25.1 Å². The summed E-state index contributed by atoms with van der Waals surface area (Å²) < 4.78 is 37.6. The van der Waals surface area contributed by atoms with Crippen molar-refractivity contribution in [2.45, 2.75) is 17.4 Å². The van der Waals surface area contributed by atoms with Gasteiger partial charge in [0.25, 0.3) is 0 Å². The van der Waals surface area contributed by atoms with Gasteiger partial charge in [0.15, 0.2) is 0 Å². The molecule has 0 amide bonds. The van der Waals surface area contributed by atoms with Crippen molar-refractivity contribution in [2.75, 3.05) is 20.3 Å². The number of sulfonamides is 1. The Bertz CT molecular complexity index is 700. The third-order valence-corrected chi connectivity index (χ3v) is 5.17. The fourth-order valence-electron chi connectivity index (χ4n) is 2.45. The van der Waals surface area contributed by atoms with Crippen LogP contribution in [0.25, 0.3) is 0 Å². The Hall–Kier alpha value is -1.90. The number of hydrogen-bond acceptors (Lipinski definition) is 5. The van der Waals surface area contributed by atoms with Crippen molar-refractivity contribution in [3.05, 3.63) is 36.4 Å². The summed E-state index contributed by atoms with van der Waals surface area (Å²) in [7, 11) is -2.48. The van der Waals surface area contributed by atoms with Crippen LogP contribution in [0.3, 0.4) is 0 Å². The molecule has 1 aromatic carbocycles. The summed E-state index contributed by atoms with van der Waals surface area (Å²) in [5.41, 5.74) is -0.0950. The molecule has 1 aliphatic rings. The Balaban J connectivity index is 2.16. The highest BCUT2D eigenvalue weighted by Crippen LogP contribution is 2.24. The van der Waals surface area contributed by atoms with Crippen molar-refractivity contribution in [3.63, 3.8) is 0 Å². The van der Waals surface area contributed by atoms with Crippen molar-refractivity contribution in [2.24, 2.45) is 5.92 Å². The van der Waals surface area contributed by atoms with Crippen LogP contribution in [0.1, 0.15) is 16.8 Å². The lowest BCUT2D eigenvalue weighted by Gasteiger charge is -2.16. The lowest BCUT2D eigenvalue weighted by molar-refractivity contribution is 0.0693. The Labute approximate surface area is 135 Å². The molecule has 0 unspecified atom stereocenters. The largest absolute Gasteiger partial charge is 0.496 e. The molecule has 23 heavy (non-hydrogen) atoms. The van der Waals surface area contributed by atoms with E-state index in [0.717, 1.165) is 6.42 Å². The first kappa shape index (κ1) is 17.5. The maximum atomic E-state index is 12.4. The molecule has 1 aliphatic heterocycles. The highest BCUT2D eigenvalue weighted by Gasteiger charge is 2.27. The smallest absolute Gasteiger partial charge is 0.339 e. The number of aromatic carboxylic acids is 1. The maximum absolute atomic E-state index is 12.4. The highest BCUT2D eigenvalue weighted by atomic mass is 32.2. The van der Waals surface area contributed by atoms with Gasteiger partial charge in [-0.15, -0.1) is 6.58 Å². The van der Waals surface area contributed by atoms with Crippen molar-refractivity contribution < 1.29 is 27.8 Å². The number of carbonyl (C=O) groups is 1. The number of ether oxygens (including phenoxy) is 2. The zero-order valence-electron chi connectivity index (χ0n) is 12.7. The highest BCUT2D eigenvalue weighted by molar-refractivity contribution is 7.89. The molecular formula is C15H19NO6S. The number of methoxy groups -OCH3 is 1. The van der Waals surface area contributed by atoms with Gasteiger partial charge in [-0.25, -0.2) is 17.9 Å². The molecule has 0 aromatic heterocycles. The van der Waals surface area contributed by atoms with Gasteiger partial charge in [-0.1, -0.05) is 6.08 Å². The monoisotopic (exact) mass is 341 g/mol. The molecule has 8 heteroatoms. The summed E-state index contributed by atoms with van der Waals surface area (Å²) in [6.07, 6.45) is 2.25. The topological polar surface area (TPSA) is 102 Å². The molecule has 0 saturated carbocycles. The van der Waals surface area contributed by atoms with Crippen molar-refractivity contribution in [1.29, 1.82) is 0 Å². The molecule has 0 bridgehead atoms. The summed E-state index contributed by atoms with van der Waals surface area (Å²) in [4.78, 5) is 11.0. The molecular weight excluding hydrogens is 322 g/mol. The maximum Gasteiger partial charge on any atom is 0.339 e. The van der Waals surface area contributed by atoms with E-state index in [2.05, 4.69) is 11.3 Å². The fraction of sp³-hybridized carbons (Fsp3) is 0.400. The molecule has 0 spiro atoms. The van der Waals surface area contributed by atoms with E-state index in [1.807, 2.05) is 0 Å². The average molecular weight is 341 g/mol. The molecule has 1 heterocycles. The quantitative estimate of drug-likeness (QED) is 0.724. The first-order valence-corrected chi connectivity index (χ1v) is 8.52. The predicted molar refractivity (Wildman–Crippen MR) is 83.2 cm³/mol. The molecule has 0 radical (unpaired) electrons. The van der Waals surface area contributed by atoms with E-state index in [4.69, 9.17) is 14.6 Å². The van der Waals surface area contributed by atoms with Crippen LogP contribution in [0.2, 0.25) is 0 Å². The van der Waals surface area contributed by atoms with E-state index in [0.29, 0.717) is 6.61 Å². The van der Waals surface area contributed by atoms with E-state index < -0.39 is 16.0 Å². The fourth-order valence-corrected chi connectivity index (χ4v) is 3.56. The normalized spacial score (nSPS) is 21.1. The van der Waals surface area contributed by atoms with E-state index in [-0.39, 0.29) is 34.8 Å². The van der Waals surface area contributed by atoms with E-state index >= 15 is 0 Å². The minimum atomic E-state index is -3.77. The van der Waals surface area contributed by atoms with Crippen LogP contribution in [0.15, 0.2) is 35.7 Å². The summed E-state index contributed by atoms with van der Waals surface area (Å²) in [5.74, 6) is -1.16. The average Bonchev–Trinajstić information content (AvgIpc) is 2.99. The van der Waals surface area contributed by atoms with Crippen LogP contribution in [0, 0.1) is 5.92 Å². The number of benzene rings is 1. The lowest BCUT2D eigenvalue weighted by Crippen LogP contribution is -2.32. The molecule has 2 rings (SSSR count). The van der Waals surface area contributed by atoms with Crippen molar-refractivity contribution in [1.82, 2.24) is 4.72 Å². The Kier molecular flexibility index (Phi) is 5.40. The summed E-state index contributed by atoms with van der Waals surface area (Å²) >= 11 is 0. The molecule has 2 N–H and O–H groups in total. The molecule has 1 aromatic rings. The number of carboxylic acids is 1. The molecule has 1 saturated heterocycles. The van der Waals surface area contributed by atoms with Gasteiger partial charge < -0.3 is 14.6 Å².